The first-order valence-corrected chi connectivity index (χ1v) is 7.95. The van der Waals surface area contributed by atoms with Crippen LogP contribution in [0.5, 0.6) is 0 Å². The van der Waals surface area contributed by atoms with E-state index in [1.165, 1.54) is 0 Å². The number of nitrogens with zero attached hydrogens (tertiary/aromatic N) is 1. The summed E-state index contributed by atoms with van der Waals surface area (Å²) in [6.07, 6.45) is 1.97. The number of benzene rings is 1. The number of carbonyl (C=O) groups is 1. The van der Waals surface area contributed by atoms with Crippen LogP contribution in [-0.2, 0) is 6.54 Å². The normalized spacial score (nSPS) is 12.6. The van der Waals surface area contributed by atoms with E-state index in [0.717, 1.165) is 24.4 Å². The van der Waals surface area contributed by atoms with Crippen LogP contribution >= 0.6 is 0 Å². The second kappa shape index (κ2) is 9.82. The predicted octanol–water partition coefficient (Wildman–Crippen LogP) is 2.29. The van der Waals surface area contributed by atoms with Crippen molar-refractivity contribution in [2.75, 3.05) is 13.6 Å². The molecule has 0 aliphatic heterocycles. The van der Waals surface area contributed by atoms with Crippen molar-refractivity contribution < 1.29 is 4.79 Å². The first-order chi connectivity index (χ1) is 10.6. The van der Waals surface area contributed by atoms with Crippen LogP contribution in [0.3, 0.4) is 0 Å². The molecule has 122 valence electrons. The number of hydrogen-bond acceptors (Lipinski definition) is 2. The molecule has 1 amide bonds. The Bertz CT molecular complexity index is 499. The topological polar surface area (TPSA) is 65.5 Å². The van der Waals surface area contributed by atoms with Gasteiger partial charge in [0.05, 0.1) is 0 Å². The van der Waals surface area contributed by atoms with Crippen molar-refractivity contribution >= 4 is 11.9 Å². The van der Waals surface area contributed by atoms with Crippen molar-refractivity contribution in [1.29, 1.82) is 0 Å². The smallest absolute Gasteiger partial charge is 0.251 e. The van der Waals surface area contributed by atoms with E-state index in [4.69, 9.17) is 0 Å². The molecule has 0 spiro atoms. The molecule has 1 aromatic rings. The van der Waals surface area contributed by atoms with Gasteiger partial charge in [-0.25, -0.2) is 0 Å². The molecule has 0 radical (unpaired) electrons. The summed E-state index contributed by atoms with van der Waals surface area (Å²) in [6.45, 7) is 7.61. The molecule has 0 fully saturated rings. The third kappa shape index (κ3) is 6.16. The van der Waals surface area contributed by atoms with Gasteiger partial charge in [0.1, 0.15) is 0 Å². The number of guanidine groups is 1. The van der Waals surface area contributed by atoms with Gasteiger partial charge in [-0.05, 0) is 37.5 Å². The first-order valence-electron chi connectivity index (χ1n) is 7.95. The summed E-state index contributed by atoms with van der Waals surface area (Å²) in [5.74, 6) is 0.751. The third-order valence-corrected chi connectivity index (χ3v) is 3.40. The highest BCUT2D eigenvalue weighted by molar-refractivity contribution is 5.94. The number of carbonyl (C=O) groups excluding carboxylic acids is 1. The van der Waals surface area contributed by atoms with E-state index in [2.05, 4.69) is 34.8 Å². The first kappa shape index (κ1) is 18.0. The van der Waals surface area contributed by atoms with Gasteiger partial charge in [-0.2, -0.15) is 0 Å². The summed E-state index contributed by atoms with van der Waals surface area (Å²) in [5.41, 5.74) is 1.74. The van der Waals surface area contributed by atoms with Gasteiger partial charge in [0.25, 0.3) is 5.91 Å². The van der Waals surface area contributed by atoms with E-state index in [-0.39, 0.29) is 5.91 Å². The molecule has 0 aromatic heterocycles. The maximum absolute atomic E-state index is 12.0. The molecule has 1 rings (SSSR count). The van der Waals surface area contributed by atoms with Gasteiger partial charge in [-0.1, -0.05) is 26.0 Å². The predicted molar refractivity (Wildman–Crippen MR) is 92.2 cm³/mol. The number of nitrogens with one attached hydrogen (secondary N) is 3. The van der Waals surface area contributed by atoms with Crippen molar-refractivity contribution in [2.45, 2.75) is 46.2 Å². The van der Waals surface area contributed by atoms with Gasteiger partial charge >= 0.3 is 0 Å². The molecule has 0 aliphatic carbocycles. The zero-order valence-corrected chi connectivity index (χ0v) is 14.1. The van der Waals surface area contributed by atoms with Gasteiger partial charge in [0.2, 0.25) is 0 Å². The van der Waals surface area contributed by atoms with E-state index < -0.39 is 0 Å². The monoisotopic (exact) mass is 304 g/mol. The van der Waals surface area contributed by atoms with E-state index in [0.29, 0.717) is 24.7 Å². The molecule has 0 bridgehead atoms. The summed E-state index contributed by atoms with van der Waals surface area (Å²) in [7, 11) is 1.76. The Morgan fingerprint density at radius 3 is 2.68 bits per heavy atom. The quantitative estimate of drug-likeness (QED) is 0.535. The largest absolute Gasteiger partial charge is 0.354 e. The highest BCUT2D eigenvalue weighted by atomic mass is 16.1. The maximum atomic E-state index is 12.0. The number of aliphatic imine (C=N–C) groups is 1. The van der Waals surface area contributed by atoms with Gasteiger partial charge in [-0.15, -0.1) is 0 Å². The minimum absolute atomic E-state index is 0.0224. The Morgan fingerprint density at radius 1 is 1.27 bits per heavy atom. The van der Waals surface area contributed by atoms with E-state index in [9.17, 15) is 4.79 Å². The van der Waals surface area contributed by atoms with Crippen LogP contribution in [0.4, 0.5) is 0 Å². The summed E-state index contributed by atoms with van der Waals surface area (Å²) >= 11 is 0. The Morgan fingerprint density at radius 2 is 2.05 bits per heavy atom. The lowest BCUT2D eigenvalue weighted by molar-refractivity contribution is 0.0953. The molecule has 0 saturated heterocycles. The Balaban J connectivity index is 2.61. The van der Waals surface area contributed by atoms with Crippen molar-refractivity contribution in [3.8, 4) is 0 Å². The summed E-state index contributed by atoms with van der Waals surface area (Å²) in [6, 6.07) is 8.02. The van der Waals surface area contributed by atoms with E-state index in [1.807, 2.05) is 31.2 Å². The fourth-order valence-electron chi connectivity index (χ4n) is 1.88. The zero-order valence-electron chi connectivity index (χ0n) is 14.1. The molecular weight excluding hydrogens is 276 g/mol. The fourth-order valence-corrected chi connectivity index (χ4v) is 1.88. The van der Waals surface area contributed by atoms with Crippen LogP contribution in [0.1, 0.15) is 49.5 Å². The molecule has 3 N–H and O–H groups in total. The molecule has 5 nitrogen and oxygen atoms in total. The Labute approximate surface area is 133 Å². The summed E-state index contributed by atoms with van der Waals surface area (Å²) < 4.78 is 0. The summed E-state index contributed by atoms with van der Waals surface area (Å²) in [5, 5.41) is 9.47. The van der Waals surface area contributed by atoms with Crippen molar-refractivity contribution in [1.82, 2.24) is 16.0 Å². The third-order valence-electron chi connectivity index (χ3n) is 3.40. The average molecular weight is 304 g/mol. The average Bonchev–Trinajstić information content (AvgIpc) is 2.56. The number of rotatable bonds is 7. The Kier molecular flexibility index (Phi) is 8.04. The zero-order chi connectivity index (χ0) is 16.4. The van der Waals surface area contributed by atoms with E-state index in [1.54, 1.807) is 7.05 Å². The van der Waals surface area contributed by atoms with Crippen LogP contribution < -0.4 is 16.0 Å². The second-order valence-electron chi connectivity index (χ2n) is 5.34. The molecule has 1 atom stereocenters. The van der Waals surface area contributed by atoms with Gasteiger partial charge in [0.15, 0.2) is 5.96 Å². The van der Waals surface area contributed by atoms with Gasteiger partial charge in [0, 0.05) is 31.7 Å². The molecule has 5 heteroatoms. The lowest BCUT2D eigenvalue weighted by atomic mass is 10.1. The van der Waals surface area contributed by atoms with Gasteiger partial charge in [-0.3, -0.25) is 9.79 Å². The van der Waals surface area contributed by atoms with Crippen molar-refractivity contribution in [2.24, 2.45) is 4.99 Å². The number of hydrogen-bond donors (Lipinski definition) is 3. The van der Waals surface area contributed by atoms with Crippen LogP contribution in [0.2, 0.25) is 0 Å². The van der Waals surface area contributed by atoms with E-state index >= 15 is 0 Å². The van der Waals surface area contributed by atoms with Gasteiger partial charge < -0.3 is 16.0 Å². The Hall–Kier alpha value is -2.04. The van der Waals surface area contributed by atoms with Crippen molar-refractivity contribution in [3.63, 3.8) is 0 Å². The van der Waals surface area contributed by atoms with Crippen molar-refractivity contribution in [3.05, 3.63) is 35.4 Å². The van der Waals surface area contributed by atoms with Crippen LogP contribution in [-0.4, -0.2) is 31.5 Å². The second-order valence-corrected chi connectivity index (χ2v) is 5.34. The number of amides is 1. The highest BCUT2D eigenvalue weighted by Crippen LogP contribution is 2.05. The minimum atomic E-state index is -0.0224. The SMILES string of the molecule is CCCNC(=O)c1cccc(CNC(=NC)NC(C)CC)c1. The highest BCUT2D eigenvalue weighted by Gasteiger charge is 2.06. The molecule has 0 saturated carbocycles. The van der Waals surface area contributed by atoms with Crippen LogP contribution in [0, 0.1) is 0 Å². The minimum Gasteiger partial charge on any atom is -0.354 e. The standard InChI is InChI=1S/C17H28N4O/c1-5-10-19-16(22)15-9-7-8-14(11-15)12-20-17(18-4)21-13(3)6-2/h7-9,11,13H,5-6,10,12H2,1-4H3,(H,19,22)(H2,18,20,21). The summed E-state index contributed by atoms with van der Waals surface area (Å²) in [4.78, 5) is 16.2. The molecular formula is C17H28N4O. The lowest BCUT2D eigenvalue weighted by Crippen LogP contribution is -2.41. The molecule has 0 heterocycles. The lowest BCUT2D eigenvalue weighted by Gasteiger charge is -2.16. The molecule has 1 unspecified atom stereocenters. The molecule has 0 aliphatic rings. The maximum Gasteiger partial charge on any atom is 0.251 e. The molecule has 1 aromatic carbocycles. The molecule has 22 heavy (non-hydrogen) atoms. The van der Waals surface area contributed by atoms with Crippen LogP contribution in [0.25, 0.3) is 0 Å². The fraction of sp³-hybridized carbons (Fsp3) is 0.529. The van der Waals surface area contributed by atoms with Crippen LogP contribution in [0.15, 0.2) is 29.3 Å².